The van der Waals surface area contributed by atoms with E-state index in [0.29, 0.717) is 0 Å². The van der Waals surface area contributed by atoms with Gasteiger partial charge in [-0.05, 0) is 80.8 Å². The number of methoxy groups -OCH3 is 1. The largest absolute Gasteiger partial charge is 0.491 e. The number of thiocarbonyl (C=S) groups is 1. The number of amides is 1. The molecule has 4 saturated carbocycles. The zero-order chi connectivity index (χ0) is 21.8. The first kappa shape index (κ1) is 21.3. The van der Waals surface area contributed by atoms with Crippen molar-refractivity contribution in [3.05, 3.63) is 28.8 Å². The van der Waals surface area contributed by atoms with Gasteiger partial charge in [0.2, 0.25) is 11.6 Å². The van der Waals surface area contributed by atoms with Gasteiger partial charge in [-0.25, -0.2) is 8.78 Å². The summed E-state index contributed by atoms with van der Waals surface area (Å²) in [5.74, 6) is -7.64. The zero-order valence-corrected chi connectivity index (χ0v) is 17.6. The molecule has 0 aliphatic heterocycles. The van der Waals surface area contributed by atoms with E-state index in [1.54, 1.807) is 0 Å². The van der Waals surface area contributed by atoms with Gasteiger partial charge in [0.1, 0.15) is 5.56 Å². The molecule has 1 atom stereocenters. The molecule has 30 heavy (non-hydrogen) atoms. The molecule has 0 unspecified atom stereocenters. The number of hydrogen-bond acceptors (Lipinski definition) is 3. The molecule has 0 heterocycles. The quantitative estimate of drug-likeness (QED) is 0.409. The molecule has 0 saturated heterocycles. The van der Waals surface area contributed by atoms with E-state index >= 15 is 0 Å². The van der Waals surface area contributed by atoms with Crippen LogP contribution in [0.3, 0.4) is 0 Å². The molecule has 1 amide bonds. The lowest BCUT2D eigenvalue weighted by atomic mass is 9.48. The molecule has 1 aromatic carbocycles. The third-order valence-electron chi connectivity index (χ3n) is 7.23. The monoisotopic (exact) mass is 444 g/mol. The van der Waals surface area contributed by atoms with Gasteiger partial charge in [0.25, 0.3) is 5.91 Å². The maximum Gasteiger partial charge on any atom is 0.263 e. The SMILES string of the molecule is COc1c(F)c(F)c(C(=O)NC(=S)N[C@H](C)C23CC4CC(CC(C4)C2)C3)c(F)c1F. The van der Waals surface area contributed by atoms with E-state index in [2.05, 4.69) is 15.4 Å². The van der Waals surface area contributed by atoms with Crippen molar-refractivity contribution in [2.45, 2.75) is 51.5 Å². The summed E-state index contributed by atoms with van der Waals surface area (Å²) in [4.78, 5) is 12.3. The van der Waals surface area contributed by atoms with E-state index in [4.69, 9.17) is 12.2 Å². The minimum absolute atomic E-state index is 0.0438. The number of ether oxygens (including phenoxy) is 1. The van der Waals surface area contributed by atoms with Crippen molar-refractivity contribution in [1.29, 1.82) is 0 Å². The second kappa shape index (κ2) is 7.66. The summed E-state index contributed by atoms with van der Waals surface area (Å²) < 4.78 is 60.5. The van der Waals surface area contributed by atoms with E-state index in [9.17, 15) is 22.4 Å². The predicted octanol–water partition coefficient (Wildman–Crippen LogP) is 4.46. The molecule has 2 N–H and O–H groups in total. The Bertz CT molecular complexity index is 843. The predicted molar refractivity (Wildman–Crippen MR) is 106 cm³/mol. The molecule has 9 heteroatoms. The third-order valence-corrected chi connectivity index (χ3v) is 7.45. The van der Waals surface area contributed by atoms with E-state index in [-0.39, 0.29) is 16.6 Å². The summed E-state index contributed by atoms with van der Waals surface area (Å²) in [6, 6.07) is -0.0438. The maximum absolute atomic E-state index is 14.2. The van der Waals surface area contributed by atoms with Crippen LogP contribution in [0.15, 0.2) is 0 Å². The molecule has 0 aromatic heterocycles. The fraction of sp³-hybridized carbons (Fsp3) is 0.619. The summed E-state index contributed by atoms with van der Waals surface area (Å²) in [5, 5.41) is 5.10. The number of hydrogen-bond donors (Lipinski definition) is 2. The lowest BCUT2D eigenvalue weighted by Gasteiger charge is -2.59. The summed E-state index contributed by atoms with van der Waals surface area (Å²) >= 11 is 5.16. The van der Waals surface area contributed by atoms with Crippen LogP contribution in [0, 0.1) is 46.4 Å². The highest BCUT2D eigenvalue weighted by Gasteiger charge is 2.53. The molecular weight excluding hydrogens is 420 g/mol. The van der Waals surface area contributed by atoms with Crippen molar-refractivity contribution in [2.75, 3.05) is 7.11 Å². The highest BCUT2D eigenvalue weighted by Crippen LogP contribution is 2.61. The van der Waals surface area contributed by atoms with Gasteiger partial charge in [0.15, 0.2) is 22.5 Å². The van der Waals surface area contributed by atoms with E-state index in [1.807, 2.05) is 6.92 Å². The van der Waals surface area contributed by atoms with Crippen LogP contribution in [0.4, 0.5) is 17.6 Å². The fourth-order valence-electron chi connectivity index (χ4n) is 6.25. The summed E-state index contributed by atoms with van der Waals surface area (Å²) in [6.07, 6.45) is 7.13. The first-order chi connectivity index (χ1) is 14.1. The molecular formula is C21H24F4N2O2S. The maximum atomic E-state index is 14.2. The van der Waals surface area contributed by atoms with Crippen molar-refractivity contribution in [2.24, 2.45) is 23.2 Å². The minimum Gasteiger partial charge on any atom is -0.491 e. The van der Waals surface area contributed by atoms with Gasteiger partial charge < -0.3 is 10.1 Å². The van der Waals surface area contributed by atoms with E-state index in [1.165, 1.54) is 19.3 Å². The Hall–Kier alpha value is -1.90. The Kier molecular flexibility index (Phi) is 5.45. The Balaban J connectivity index is 1.47. The summed E-state index contributed by atoms with van der Waals surface area (Å²) in [5.41, 5.74) is -1.30. The number of nitrogens with one attached hydrogen (secondary N) is 2. The lowest BCUT2D eigenvalue weighted by molar-refractivity contribution is -0.0672. The van der Waals surface area contributed by atoms with Crippen LogP contribution in [0.25, 0.3) is 0 Å². The van der Waals surface area contributed by atoms with Crippen LogP contribution >= 0.6 is 12.2 Å². The first-order valence-electron chi connectivity index (χ1n) is 10.2. The Morgan fingerprint density at radius 2 is 1.47 bits per heavy atom. The highest BCUT2D eigenvalue weighted by atomic mass is 32.1. The van der Waals surface area contributed by atoms with Crippen molar-refractivity contribution >= 4 is 23.2 Å². The standard InChI is InChI=1S/C21H24F4N2O2S/c1-9(21-6-10-3-11(7-21)5-12(4-10)8-21)26-20(30)27-19(28)13-14(22)16(24)18(29-2)17(25)15(13)23/h9-12H,3-8H2,1-2H3,(H2,26,27,28,30)/t9-,10?,11?,12?,21?/m1/s1. The van der Waals surface area contributed by atoms with Crippen LogP contribution in [0.5, 0.6) is 5.75 Å². The van der Waals surface area contributed by atoms with Gasteiger partial charge >= 0.3 is 0 Å². The Morgan fingerprint density at radius 3 is 1.90 bits per heavy atom. The molecule has 0 spiro atoms. The molecule has 4 aliphatic carbocycles. The summed E-state index contributed by atoms with van der Waals surface area (Å²) in [6.45, 7) is 2.00. The van der Waals surface area contributed by atoms with Crippen molar-refractivity contribution in [3.8, 4) is 5.75 Å². The Labute approximate surface area is 177 Å². The third kappa shape index (κ3) is 3.44. The average Bonchev–Trinajstić information content (AvgIpc) is 2.66. The van der Waals surface area contributed by atoms with Gasteiger partial charge in [0, 0.05) is 6.04 Å². The summed E-state index contributed by atoms with van der Waals surface area (Å²) in [7, 11) is 0.866. The average molecular weight is 444 g/mol. The molecule has 1 aromatic rings. The van der Waals surface area contributed by atoms with Crippen molar-refractivity contribution in [1.82, 2.24) is 10.6 Å². The number of carbonyl (C=O) groups is 1. The molecule has 4 bridgehead atoms. The smallest absolute Gasteiger partial charge is 0.263 e. The van der Waals surface area contributed by atoms with Crippen LogP contribution in [0.2, 0.25) is 0 Å². The number of carbonyl (C=O) groups excluding carboxylic acids is 1. The number of benzene rings is 1. The normalized spacial score (nSPS) is 30.1. The molecule has 164 valence electrons. The fourth-order valence-corrected chi connectivity index (χ4v) is 6.52. The topological polar surface area (TPSA) is 50.4 Å². The first-order valence-corrected chi connectivity index (χ1v) is 10.6. The lowest BCUT2D eigenvalue weighted by Crippen LogP contribution is -2.57. The van der Waals surface area contributed by atoms with Crippen molar-refractivity contribution < 1.29 is 27.1 Å². The van der Waals surface area contributed by atoms with Gasteiger partial charge in [-0.1, -0.05) is 0 Å². The zero-order valence-electron chi connectivity index (χ0n) is 16.8. The second-order valence-corrected chi connectivity index (χ2v) is 9.50. The van der Waals surface area contributed by atoms with Crippen molar-refractivity contribution in [3.63, 3.8) is 0 Å². The highest BCUT2D eigenvalue weighted by molar-refractivity contribution is 7.80. The van der Waals surface area contributed by atoms with Crippen LogP contribution in [-0.4, -0.2) is 24.2 Å². The molecule has 5 rings (SSSR count). The molecule has 0 radical (unpaired) electrons. The number of rotatable bonds is 4. The van der Waals surface area contributed by atoms with Gasteiger partial charge in [0.05, 0.1) is 7.11 Å². The van der Waals surface area contributed by atoms with Gasteiger partial charge in [-0.3, -0.25) is 10.1 Å². The van der Waals surface area contributed by atoms with Gasteiger partial charge in [-0.15, -0.1) is 0 Å². The van der Waals surface area contributed by atoms with Gasteiger partial charge in [-0.2, -0.15) is 8.78 Å². The van der Waals surface area contributed by atoms with Crippen LogP contribution < -0.4 is 15.4 Å². The minimum atomic E-state index is -1.83. The Morgan fingerprint density at radius 1 is 1.00 bits per heavy atom. The molecule has 4 aliphatic rings. The van der Waals surface area contributed by atoms with E-state index in [0.717, 1.165) is 44.1 Å². The number of halogens is 4. The molecule has 4 nitrogen and oxygen atoms in total. The van der Waals surface area contributed by atoms with Crippen LogP contribution in [-0.2, 0) is 0 Å². The van der Waals surface area contributed by atoms with Crippen LogP contribution in [0.1, 0.15) is 55.8 Å². The van der Waals surface area contributed by atoms with E-state index < -0.39 is 40.5 Å². The molecule has 4 fully saturated rings. The second-order valence-electron chi connectivity index (χ2n) is 9.09.